The molecular formula is C15H26N2O2. The molecule has 0 aromatic heterocycles. The number of carbonyl (C=O) groups is 2. The number of hydrogen-bond donors (Lipinski definition) is 1. The Bertz CT molecular complexity index is 353. The monoisotopic (exact) mass is 266 g/mol. The van der Waals surface area contributed by atoms with Crippen molar-refractivity contribution in [3.05, 3.63) is 11.6 Å². The molecular weight excluding hydrogens is 240 g/mol. The highest BCUT2D eigenvalue weighted by molar-refractivity contribution is 5.92. The molecule has 0 bridgehead atoms. The molecule has 1 N–H and O–H groups in total. The lowest BCUT2D eigenvalue weighted by Gasteiger charge is -2.33. The first-order valence-electron chi connectivity index (χ1n) is 7.22. The predicted octanol–water partition coefficient (Wildman–Crippen LogP) is 2.11. The minimum Gasteiger partial charge on any atom is -0.353 e. The standard InChI is InChI=1S/C15H26N2O2/c1-5-6-12(4)15(19)17-9-7-13(8-10-17)16-14(18)11(2)3/h6,11,13H,5,7-10H2,1-4H3,(H,16,18)/b12-6-. The summed E-state index contributed by atoms with van der Waals surface area (Å²) >= 11 is 0. The van der Waals surface area contributed by atoms with Gasteiger partial charge >= 0.3 is 0 Å². The van der Waals surface area contributed by atoms with Crippen molar-refractivity contribution in [3.8, 4) is 0 Å². The average molecular weight is 266 g/mol. The van der Waals surface area contributed by atoms with Crippen LogP contribution < -0.4 is 5.32 Å². The van der Waals surface area contributed by atoms with Crippen molar-refractivity contribution in [2.45, 2.75) is 53.0 Å². The largest absolute Gasteiger partial charge is 0.353 e. The third-order valence-electron chi connectivity index (χ3n) is 3.50. The average Bonchev–Trinajstić information content (AvgIpc) is 2.39. The van der Waals surface area contributed by atoms with Crippen LogP contribution in [0.25, 0.3) is 0 Å². The van der Waals surface area contributed by atoms with Crippen molar-refractivity contribution in [1.82, 2.24) is 10.2 Å². The second kappa shape index (κ2) is 7.31. The van der Waals surface area contributed by atoms with Crippen LogP contribution in [0.5, 0.6) is 0 Å². The van der Waals surface area contributed by atoms with Crippen LogP contribution in [-0.4, -0.2) is 35.8 Å². The van der Waals surface area contributed by atoms with Gasteiger partial charge in [0, 0.05) is 30.6 Å². The lowest BCUT2D eigenvalue weighted by molar-refractivity contribution is -0.128. The van der Waals surface area contributed by atoms with Crippen molar-refractivity contribution in [2.75, 3.05) is 13.1 Å². The Morgan fingerprint density at radius 1 is 1.32 bits per heavy atom. The molecule has 0 radical (unpaired) electrons. The van der Waals surface area contributed by atoms with E-state index < -0.39 is 0 Å². The number of amides is 2. The van der Waals surface area contributed by atoms with Gasteiger partial charge in [-0.1, -0.05) is 26.8 Å². The van der Waals surface area contributed by atoms with Crippen LogP contribution >= 0.6 is 0 Å². The lowest BCUT2D eigenvalue weighted by atomic mass is 10.0. The normalized spacial score (nSPS) is 17.7. The first-order valence-corrected chi connectivity index (χ1v) is 7.22. The van der Waals surface area contributed by atoms with Crippen LogP contribution in [0.1, 0.15) is 47.0 Å². The van der Waals surface area contributed by atoms with Gasteiger partial charge in [0.15, 0.2) is 0 Å². The second-order valence-electron chi connectivity index (χ2n) is 5.53. The molecule has 1 fully saturated rings. The molecule has 0 unspecified atom stereocenters. The third kappa shape index (κ3) is 4.69. The van der Waals surface area contributed by atoms with Gasteiger partial charge in [-0.3, -0.25) is 9.59 Å². The number of carbonyl (C=O) groups excluding carboxylic acids is 2. The molecule has 2 amide bonds. The quantitative estimate of drug-likeness (QED) is 0.792. The smallest absolute Gasteiger partial charge is 0.249 e. The zero-order valence-corrected chi connectivity index (χ0v) is 12.5. The van der Waals surface area contributed by atoms with Gasteiger partial charge in [0.25, 0.3) is 0 Å². The third-order valence-corrected chi connectivity index (χ3v) is 3.50. The van der Waals surface area contributed by atoms with Gasteiger partial charge in [-0.25, -0.2) is 0 Å². The maximum absolute atomic E-state index is 12.1. The number of piperidine rings is 1. The summed E-state index contributed by atoms with van der Waals surface area (Å²) in [6.07, 6.45) is 4.56. The van der Waals surface area contributed by atoms with E-state index in [9.17, 15) is 9.59 Å². The van der Waals surface area contributed by atoms with E-state index in [1.807, 2.05) is 38.7 Å². The maximum atomic E-state index is 12.1. The van der Waals surface area contributed by atoms with Crippen molar-refractivity contribution in [1.29, 1.82) is 0 Å². The Labute approximate surface area is 116 Å². The Kier molecular flexibility index (Phi) is 6.06. The van der Waals surface area contributed by atoms with Gasteiger partial charge < -0.3 is 10.2 Å². The van der Waals surface area contributed by atoms with Crippen LogP contribution in [-0.2, 0) is 9.59 Å². The molecule has 1 rings (SSSR count). The Morgan fingerprint density at radius 3 is 2.37 bits per heavy atom. The van der Waals surface area contributed by atoms with E-state index in [4.69, 9.17) is 0 Å². The fraction of sp³-hybridized carbons (Fsp3) is 0.733. The summed E-state index contributed by atoms with van der Waals surface area (Å²) in [6, 6.07) is 0.217. The molecule has 0 spiro atoms. The van der Waals surface area contributed by atoms with E-state index in [-0.39, 0.29) is 23.8 Å². The Hall–Kier alpha value is -1.32. The van der Waals surface area contributed by atoms with Gasteiger partial charge in [0.1, 0.15) is 0 Å². The minimum absolute atomic E-state index is 0.0226. The van der Waals surface area contributed by atoms with Crippen LogP contribution in [0.3, 0.4) is 0 Å². The number of nitrogens with zero attached hydrogens (tertiary/aromatic N) is 1. The van der Waals surface area contributed by atoms with Crippen LogP contribution in [0.2, 0.25) is 0 Å². The molecule has 0 saturated carbocycles. The van der Waals surface area contributed by atoms with E-state index in [2.05, 4.69) is 5.32 Å². The molecule has 1 aliphatic rings. The van der Waals surface area contributed by atoms with E-state index in [1.165, 1.54) is 0 Å². The highest BCUT2D eigenvalue weighted by Gasteiger charge is 2.24. The molecule has 108 valence electrons. The highest BCUT2D eigenvalue weighted by Crippen LogP contribution is 2.14. The summed E-state index contributed by atoms with van der Waals surface area (Å²) in [5.41, 5.74) is 0.826. The topological polar surface area (TPSA) is 49.4 Å². The van der Waals surface area contributed by atoms with Crippen molar-refractivity contribution in [3.63, 3.8) is 0 Å². The molecule has 19 heavy (non-hydrogen) atoms. The van der Waals surface area contributed by atoms with Gasteiger partial charge in [-0.2, -0.15) is 0 Å². The first kappa shape index (κ1) is 15.7. The zero-order chi connectivity index (χ0) is 14.4. The number of hydrogen-bond acceptors (Lipinski definition) is 2. The molecule has 0 atom stereocenters. The van der Waals surface area contributed by atoms with E-state index >= 15 is 0 Å². The van der Waals surface area contributed by atoms with Crippen molar-refractivity contribution < 1.29 is 9.59 Å². The predicted molar refractivity (Wildman–Crippen MR) is 76.6 cm³/mol. The van der Waals surface area contributed by atoms with Crippen LogP contribution in [0.15, 0.2) is 11.6 Å². The fourth-order valence-electron chi connectivity index (χ4n) is 2.24. The summed E-state index contributed by atoms with van der Waals surface area (Å²) in [7, 11) is 0. The molecule has 0 aliphatic carbocycles. The number of rotatable bonds is 4. The van der Waals surface area contributed by atoms with Gasteiger partial charge in [-0.05, 0) is 26.2 Å². The molecule has 4 heteroatoms. The number of likely N-dealkylation sites (tertiary alicyclic amines) is 1. The summed E-state index contributed by atoms with van der Waals surface area (Å²) in [6.45, 7) is 9.16. The maximum Gasteiger partial charge on any atom is 0.249 e. The molecule has 0 aromatic carbocycles. The highest BCUT2D eigenvalue weighted by atomic mass is 16.2. The fourth-order valence-corrected chi connectivity index (χ4v) is 2.24. The van der Waals surface area contributed by atoms with E-state index in [1.54, 1.807) is 0 Å². The van der Waals surface area contributed by atoms with E-state index in [0.717, 1.165) is 37.9 Å². The van der Waals surface area contributed by atoms with Crippen LogP contribution in [0.4, 0.5) is 0 Å². The summed E-state index contributed by atoms with van der Waals surface area (Å²) in [5.74, 6) is 0.261. The van der Waals surface area contributed by atoms with Gasteiger partial charge in [-0.15, -0.1) is 0 Å². The van der Waals surface area contributed by atoms with Gasteiger partial charge in [0.2, 0.25) is 11.8 Å². The molecule has 1 aliphatic heterocycles. The van der Waals surface area contributed by atoms with Crippen molar-refractivity contribution in [2.24, 2.45) is 5.92 Å². The summed E-state index contributed by atoms with van der Waals surface area (Å²) in [5, 5.41) is 3.04. The van der Waals surface area contributed by atoms with Gasteiger partial charge in [0.05, 0.1) is 0 Å². The van der Waals surface area contributed by atoms with Crippen LogP contribution in [0, 0.1) is 5.92 Å². The summed E-state index contributed by atoms with van der Waals surface area (Å²) in [4.78, 5) is 25.6. The number of allylic oxidation sites excluding steroid dienone is 1. The Morgan fingerprint density at radius 2 is 1.89 bits per heavy atom. The Balaban J connectivity index is 2.43. The van der Waals surface area contributed by atoms with Crippen molar-refractivity contribution >= 4 is 11.8 Å². The second-order valence-corrected chi connectivity index (χ2v) is 5.53. The summed E-state index contributed by atoms with van der Waals surface area (Å²) < 4.78 is 0. The molecule has 1 heterocycles. The lowest BCUT2D eigenvalue weighted by Crippen LogP contribution is -2.47. The molecule has 1 saturated heterocycles. The minimum atomic E-state index is 0.0226. The SMILES string of the molecule is CC/C=C(/C)C(=O)N1CCC(NC(=O)C(C)C)CC1. The molecule has 4 nitrogen and oxygen atoms in total. The number of nitrogens with one attached hydrogen (secondary N) is 1. The zero-order valence-electron chi connectivity index (χ0n) is 12.5. The van der Waals surface area contributed by atoms with E-state index in [0.29, 0.717) is 0 Å². The first-order chi connectivity index (χ1) is 8.95. The molecule has 0 aromatic rings.